The number of nitrogens with zero attached hydrogens (tertiary/aromatic N) is 3. The number of aromatic amines is 1. The number of nitrogens with one attached hydrogen (secondary N) is 3. The quantitative estimate of drug-likeness (QED) is 0.383. The zero-order valence-electron chi connectivity index (χ0n) is 14.2. The Labute approximate surface area is 150 Å². The highest BCUT2D eigenvalue weighted by atomic mass is 16.3. The van der Waals surface area contributed by atoms with Crippen molar-refractivity contribution in [1.29, 1.82) is 0 Å². The van der Waals surface area contributed by atoms with E-state index >= 15 is 0 Å². The molecule has 0 saturated carbocycles. The number of rotatable bonds is 7. The summed E-state index contributed by atoms with van der Waals surface area (Å²) in [4.78, 5) is 16.7. The molecule has 0 fully saturated rings. The van der Waals surface area contributed by atoms with Crippen molar-refractivity contribution in [3.05, 3.63) is 54.4 Å². The molecule has 3 heterocycles. The average Bonchev–Trinajstić information content (AvgIpc) is 3.14. The van der Waals surface area contributed by atoms with Gasteiger partial charge in [-0.3, -0.25) is 0 Å². The number of anilines is 2. The van der Waals surface area contributed by atoms with E-state index in [1.807, 2.05) is 18.3 Å². The number of benzene rings is 1. The Morgan fingerprint density at radius 1 is 1.00 bits per heavy atom. The highest BCUT2D eigenvalue weighted by Gasteiger charge is 2.04. The smallest absolute Gasteiger partial charge is 0.182 e. The van der Waals surface area contributed by atoms with Crippen molar-refractivity contribution in [1.82, 2.24) is 19.9 Å². The van der Waals surface area contributed by atoms with E-state index in [1.165, 1.54) is 5.39 Å². The van der Waals surface area contributed by atoms with E-state index in [-0.39, 0.29) is 6.61 Å². The van der Waals surface area contributed by atoms with Crippen LogP contribution < -0.4 is 10.6 Å². The summed E-state index contributed by atoms with van der Waals surface area (Å²) in [5, 5.41) is 16.5. The molecule has 4 rings (SSSR count). The number of fused-ring (bicyclic) bond motifs is 2. The second kappa shape index (κ2) is 7.37. The van der Waals surface area contributed by atoms with Gasteiger partial charge in [-0.25, -0.2) is 15.0 Å². The Morgan fingerprint density at radius 3 is 2.85 bits per heavy atom. The van der Waals surface area contributed by atoms with Crippen LogP contribution in [0.15, 0.2) is 48.8 Å². The summed E-state index contributed by atoms with van der Waals surface area (Å²) in [6, 6.07) is 12.1. The number of aliphatic hydroxyl groups excluding tert-OH is 1. The lowest BCUT2D eigenvalue weighted by molar-refractivity contribution is 0.292. The molecular weight excluding hydrogens is 328 g/mol. The molecule has 3 aromatic heterocycles. The average molecular weight is 348 g/mol. The maximum Gasteiger partial charge on any atom is 0.182 e. The standard InChI is InChI=1S/C19H20N6O/c26-9-1-7-21-17-5-4-15-19(24-17)25-18(12-22-15)23-11-13-2-3-14-6-8-20-16(14)10-13/h2-6,8,10,12,20,26H,1,7,9,11H2,(H2,21,23,24,25). The van der Waals surface area contributed by atoms with Crippen molar-refractivity contribution in [2.24, 2.45) is 0 Å². The van der Waals surface area contributed by atoms with E-state index in [0.717, 1.165) is 22.4 Å². The summed E-state index contributed by atoms with van der Waals surface area (Å²) in [6.07, 6.45) is 4.34. The first-order valence-electron chi connectivity index (χ1n) is 8.60. The molecular formula is C19H20N6O. The molecule has 0 aliphatic rings. The minimum Gasteiger partial charge on any atom is -0.396 e. The van der Waals surface area contributed by atoms with Crippen molar-refractivity contribution in [2.45, 2.75) is 13.0 Å². The van der Waals surface area contributed by atoms with Gasteiger partial charge in [0.1, 0.15) is 17.2 Å². The fourth-order valence-electron chi connectivity index (χ4n) is 2.77. The summed E-state index contributed by atoms with van der Waals surface area (Å²) >= 11 is 0. The number of hydrogen-bond acceptors (Lipinski definition) is 6. The van der Waals surface area contributed by atoms with Gasteiger partial charge in [-0.05, 0) is 41.6 Å². The number of H-pyrrole nitrogens is 1. The molecule has 0 bridgehead atoms. The lowest BCUT2D eigenvalue weighted by Gasteiger charge is -2.08. The highest BCUT2D eigenvalue weighted by molar-refractivity contribution is 5.80. The molecule has 0 aliphatic heterocycles. The lowest BCUT2D eigenvalue weighted by atomic mass is 10.1. The molecule has 0 aliphatic carbocycles. The maximum absolute atomic E-state index is 8.86. The third-order valence-electron chi connectivity index (χ3n) is 4.14. The monoisotopic (exact) mass is 348 g/mol. The second-order valence-electron chi connectivity index (χ2n) is 6.05. The van der Waals surface area contributed by atoms with Crippen molar-refractivity contribution in [3.63, 3.8) is 0 Å². The van der Waals surface area contributed by atoms with Gasteiger partial charge < -0.3 is 20.7 Å². The third-order valence-corrected chi connectivity index (χ3v) is 4.14. The molecule has 0 radical (unpaired) electrons. The highest BCUT2D eigenvalue weighted by Crippen LogP contribution is 2.17. The fourth-order valence-corrected chi connectivity index (χ4v) is 2.77. The summed E-state index contributed by atoms with van der Waals surface area (Å²) < 4.78 is 0. The molecule has 0 spiro atoms. The van der Waals surface area contributed by atoms with Crippen LogP contribution in [0, 0.1) is 0 Å². The van der Waals surface area contributed by atoms with E-state index in [4.69, 9.17) is 5.11 Å². The molecule has 0 saturated heterocycles. The lowest BCUT2D eigenvalue weighted by Crippen LogP contribution is -2.06. The zero-order chi connectivity index (χ0) is 17.8. The van der Waals surface area contributed by atoms with Crippen LogP contribution in [-0.2, 0) is 6.54 Å². The molecule has 4 aromatic rings. The van der Waals surface area contributed by atoms with Gasteiger partial charge in [-0.15, -0.1) is 0 Å². The van der Waals surface area contributed by atoms with Crippen molar-refractivity contribution < 1.29 is 5.11 Å². The molecule has 0 unspecified atom stereocenters. The van der Waals surface area contributed by atoms with Gasteiger partial charge in [0, 0.05) is 31.4 Å². The largest absolute Gasteiger partial charge is 0.396 e. The van der Waals surface area contributed by atoms with Crippen LogP contribution in [0.5, 0.6) is 0 Å². The Kier molecular flexibility index (Phi) is 4.61. The molecule has 0 amide bonds. The Hall–Kier alpha value is -3.19. The third kappa shape index (κ3) is 3.57. The van der Waals surface area contributed by atoms with Gasteiger partial charge in [-0.2, -0.15) is 0 Å². The first-order valence-corrected chi connectivity index (χ1v) is 8.60. The van der Waals surface area contributed by atoms with Crippen molar-refractivity contribution in [2.75, 3.05) is 23.8 Å². The van der Waals surface area contributed by atoms with Crippen LogP contribution in [-0.4, -0.2) is 38.2 Å². The minimum absolute atomic E-state index is 0.155. The van der Waals surface area contributed by atoms with E-state index in [2.05, 4.69) is 54.8 Å². The maximum atomic E-state index is 8.86. The Balaban J connectivity index is 1.48. The second-order valence-corrected chi connectivity index (χ2v) is 6.05. The number of aliphatic hydroxyl groups is 1. The predicted octanol–water partition coefficient (Wildman–Crippen LogP) is 2.91. The minimum atomic E-state index is 0.155. The summed E-state index contributed by atoms with van der Waals surface area (Å²) in [7, 11) is 0. The molecule has 7 heteroatoms. The Morgan fingerprint density at radius 2 is 1.92 bits per heavy atom. The van der Waals surface area contributed by atoms with Gasteiger partial charge >= 0.3 is 0 Å². The Bertz CT molecular complexity index is 1030. The fraction of sp³-hybridized carbons (Fsp3) is 0.211. The number of hydrogen-bond donors (Lipinski definition) is 4. The normalized spacial score (nSPS) is 11.1. The predicted molar refractivity (Wildman–Crippen MR) is 103 cm³/mol. The van der Waals surface area contributed by atoms with Crippen LogP contribution in [0.1, 0.15) is 12.0 Å². The van der Waals surface area contributed by atoms with Crippen LogP contribution in [0.4, 0.5) is 11.6 Å². The number of pyridine rings is 1. The van der Waals surface area contributed by atoms with E-state index in [9.17, 15) is 0 Å². The SMILES string of the molecule is OCCCNc1ccc2ncc(NCc3ccc4cc[nH]c4c3)nc2n1. The van der Waals surface area contributed by atoms with Crippen LogP contribution in [0.2, 0.25) is 0 Å². The van der Waals surface area contributed by atoms with Gasteiger partial charge in [-0.1, -0.05) is 12.1 Å². The molecule has 7 nitrogen and oxygen atoms in total. The first-order chi connectivity index (χ1) is 12.8. The van der Waals surface area contributed by atoms with Crippen LogP contribution in [0.25, 0.3) is 22.1 Å². The summed E-state index contributed by atoms with van der Waals surface area (Å²) in [6.45, 7) is 1.48. The van der Waals surface area contributed by atoms with E-state index in [0.29, 0.717) is 31.0 Å². The van der Waals surface area contributed by atoms with E-state index in [1.54, 1.807) is 6.20 Å². The molecule has 0 atom stereocenters. The van der Waals surface area contributed by atoms with Gasteiger partial charge in [0.05, 0.1) is 6.20 Å². The van der Waals surface area contributed by atoms with E-state index < -0.39 is 0 Å². The summed E-state index contributed by atoms with van der Waals surface area (Å²) in [5.74, 6) is 1.42. The number of aromatic nitrogens is 4. The zero-order valence-corrected chi connectivity index (χ0v) is 14.2. The van der Waals surface area contributed by atoms with Crippen LogP contribution >= 0.6 is 0 Å². The van der Waals surface area contributed by atoms with Crippen LogP contribution in [0.3, 0.4) is 0 Å². The van der Waals surface area contributed by atoms with Gasteiger partial charge in [0.15, 0.2) is 5.65 Å². The first kappa shape index (κ1) is 16.3. The van der Waals surface area contributed by atoms with Gasteiger partial charge in [0.25, 0.3) is 0 Å². The molecule has 132 valence electrons. The topological polar surface area (TPSA) is 98.8 Å². The molecule has 4 N–H and O–H groups in total. The molecule has 1 aromatic carbocycles. The van der Waals surface area contributed by atoms with Gasteiger partial charge in [0.2, 0.25) is 0 Å². The molecule has 26 heavy (non-hydrogen) atoms. The van der Waals surface area contributed by atoms with Crippen molar-refractivity contribution >= 4 is 33.7 Å². The summed E-state index contributed by atoms with van der Waals surface area (Å²) in [5.41, 5.74) is 3.61. The van der Waals surface area contributed by atoms with Crippen molar-refractivity contribution in [3.8, 4) is 0 Å².